The molecule has 3 heterocycles. The van der Waals surface area contributed by atoms with Crippen LogP contribution in [0.2, 0.25) is 0 Å². The highest BCUT2D eigenvalue weighted by molar-refractivity contribution is 6.28. The van der Waals surface area contributed by atoms with E-state index in [0.29, 0.717) is 17.5 Å². The number of nitrogens with zero attached hydrogens (tertiary/aromatic N) is 4. The fourth-order valence-electron chi connectivity index (χ4n) is 6.57. The molecule has 1 N–H and O–H groups in total. The van der Waals surface area contributed by atoms with E-state index in [9.17, 15) is 0 Å². The third-order valence-corrected chi connectivity index (χ3v) is 8.64. The Balaban J connectivity index is 1.23. The number of rotatable bonds is 4. The van der Waals surface area contributed by atoms with Gasteiger partial charge in [0, 0.05) is 21.9 Å². The van der Waals surface area contributed by atoms with Gasteiger partial charge in [-0.25, -0.2) is 15.0 Å². The molecule has 0 spiro atoms. The van der Waals surface area contributed by atoms with Crippen molar-refractivity contribution in [3.05, 3.63) is 158 Å². The highest BCUT2D eigenvalue weighted by Gasteiger charge is 2.23. The first kappa shape index (κ1) is 25.4. The Labute approximate surface area is 259 Å². The lowest BCUT2D eigenvalue weighted by Gasteiger charge is -2.23. The zero-order valence-corrected chi connectivity index (χ0v) is 24.3. The average molecular weight is 578 g/mol. The van der Waals surface area contributed by atoms with E-state index in [1.807, 2.05) is 60.7 Å². The van der Waals surface area contributed by atoms with Crippen LogP contribution >= 0.6 is 0 Å². The largest absolute Gasteiger partial charge is 0.358 e. The van der Waals surface area contributed by atoms with E-state index in [4.69, 9.17) is 15.0 Å². The van der Waals surface area contributed by atoms with E-state index >= 15 is 0 Å². The number of nitrogens with one attached hydrogen (secondary N) is 1. The first-order valence-electron chi connectivity index (χ1n) is 15.2. The molecule has 1 aliphatic rings. The van der Waals surface area contributed by atoms with Crippen LogP contribution in [0.25, 0.3) is 71.9 Å². The zero-order chi connectivity index (χ0) is 29.7. The van der Waals surface area contributed by atoms with Crippen LogP contribution in [-0.2, 0) is 0 Å². The molecule has 212 valence electrons. The monoisotopic (exact) mass is 577 g/mol. The Hall–Kier alpha value is -6.07. The number of hydrogen-bond acceptors (Lipinski definition) is 4. The van der Waals surface area contributed by atoms with Crippen LogP contribution in [-0.4, -0.2) is 19.5 Å². The molecule has 0 amide bonds. The maximum atomic E-state index is 5.00. The van der Waals surface area contributed by atoms with Crippen LogP contribution in [0, 0.1) is 0 Å². The number of benzene rings is 6. The van der Waals surface area contributed by atoms with Crippen molar-refractivity contribution in [2.24, 2.45) is 0 Å². The predicted molar refractivity (Wildman–Crippen MR) is 184 cm³/mol. The van der Waals surface area contributed by atoms with Gasteiger partial charge in [-0.2, -0.15) is 0 Å². The lowest BCUT2D eigenvalue weighted by atomic mass is 10.00. The summed E-state index contributed by atoms with van der Waals surface area (Å²) < 4.78 is 2.34. The first-order chi connectivity index (χ1) is 22.3. The van der Waals surface area contributed by atoms with Crippen LogP contribution < -0.4 is 5.32 Å². The molecule has 0 fully saturated rings. The minimum absolute atomic E-state index is 0.258. The van der Waals surface area contributed by atoms with E-state index in [1.165, 1.54) is 32.3 Å². The van der Waals surface area contributed by atoms with Crippen molar-refractivity contribution in [3.63, 3.8) is 0 Å². The number of allylic oxidation sites excluding steroid dienone is 2. The molecule has 0 saturated carbocycles. The van der Waals surface area contributed by atoms with Crippen LogP contribution in [0.1, 0.15) is 11.9 Å². The minimum Gasteiger partial charge on any atom is -0.358 e. The molecule has 5 nitrogen and oxygen atoms in total. The molecule has 0 aliphatic carbocycles. The first-order valence-corrected chi connectivity index (χ1v) is 15.2. The molecule has 1 aliphatic heterocycles. The van der Waals surface area contributed by atoms with E-state index in [-0.39, 0.29) is 6.04 Å². The average Bonchev–Trinajstić information content (AvgIpc) is 3.48. The summed E-state index contributed by atoms with van der Waals surface area (Å²) in [6.45, 7) is 0. The van der Waals surface area contributed by atoms with Gasteiger partial charge < -0.3 is 5.32 Å². The van der Waals surface area contributed by atoms with E-state index in [0.717, 1.165) is 28.0 Å². The normalized spacial score (nSPS) is 14.7. The number of hydrogen-bond donors (Lipinski definition) is 1. The Morgan fingerprint density at radius 2 is 1.02 bits per heavy atom. The van der Waals surface area contributed by atoms with Gasteiger partial charge in [-0.05, 0) is 39.8 Å². The molecule has 1 atom stereocenters. The van der Waals surface area contributed by atoms with Gasteiger partial charge in [-0.3, -0.25) is 4.57 Å². The number of aromatic nitrogens is 4. The summed E-state index contributed by atoms with van der Waals surface area (Å²) in [5.41, 5.74) is 4.21. The molecule has 2 aromatic heterocycles. The summed E-state index contributed by atoms with van der Waals surface area (Å²) >= 11 is 0. The quantitative estimate of drug-likeness (QED) is 0.226. The van der Waals surface area contributed by atoms with Crippen LogP contribution in [0.5, 0.6) is 0 Å². The molecule has 0 radical (unpaired) electrons. The Bertz CT molecular complexity index is 2310. The third-order valence-electron chi connectivity index (χ3n) is 8.64. The van der Waals surface area contributed by atoms with Crippen molar-refractivity contribution in [2.45, 2.75) is 6.04 Å². The van der Waals surface area contributed by atoms with Crippen LogP contribution in [0.3, 0.4) is 0 Å². The smallest absolute Gasteiger partial charge is 0.163 e. The molecule has 1 unspecified atom stereocenters. The maximum absolute atomic E-state index is 5.00. The van der Waals surface area contributed by atoms with Gasteiger partial charge in [0.15, 0.2) is 17.5 Å². The van der Waals surface area contributed by atoms with E-state index in [2.05, 4.69) is 101 Å². The van der Waals surface area contributed by atoms with Gasteiger partial charge in [0.2, 0.25) is 0 Å². The highest BCUT2D eigenvalue weighted by Crippen LogP contribution is 2.40. The molecule has 8 aromatic rings. The highest BCUT2D eigenvalue weighted by atomic mass is 15.2. The lowest BCUT2D eigenvalue weighted by molar-refractivity contribution is 0.682. The lowest BCUT2D eigenvalue weighted by Crippen LogP contribution is -2.26. The molecule has 6 aromatic carbocycles. The number of fused-ring (bicyclic) bond motifs is 7. The van der Waals surface area contributed by atoms with Crippen LogP contribution in [0.15, 0.2) is 152 Å². The minimum atomic E-state index is -0.258. The Kier molecular flexibility index (Phi) is 5.81. The fraction of sp³-hybridized carbons (Fsp3) is 0.0250. The van der Waals surface area contributed by atoms with Crippen molar-refractivity contribution in [2.75, 3.05) is 0 Å². The van der Waals surface area contributed by atoms with Gasteiger partial charge in [0.1, 0.15) is 11.9 Å². The number of dihydropyridines is 1. The van der Waals surface area contributed by atoms with Crippen molar-refractivity contribution >= 4 is 49.2 Å². The summed E-state index contributed by atoms with van der Waals surface area (Å²) in [5.74, 6) is 2.94. The molecular formula is C40H27N5. The molecule has 9 rings (SSSR count). The van der Waals surface area contributed by atoms with Crippen molar-refractivity contribution in [1.82, 2.24) is 24.8 Å². The summed E-state index contributed by atoms with van der Waals surface area (Å²) in [6, 6.07) is 46.2. The van der Waals surface area contributed by atoms with Crippen molar-refractivity contribution in [3.8, 4) is 22.8 Å². The zero-order valence-electron chi connectivity index (χ0n) is 24.3. The molecule has 45 heavy (non-hydrogen) atoms. The molecule has 0 bridgehead atoms. The maximum Gasteiger partial charge on any atom is 0.163 e. The summed E-state index contributed by atoms with van der Waals surface area (Å²) in [7, 11) is 0. The van der Waals surface area contributed by atoms with Crippen molar-refractivity contribution in [1.29, 1.82) is 0 Å². The van der Waals surface area contributed by atoms with E-state index in [1.54, 1.807) is 0 Å². The van der Waals surface area contributed by atoms with Crippen molar-refractivity contribution < 1.29 is 0 Å². The summed E-state index contributed by atoms with van der Waals surface area (Å²) in [4.78, 5) is 14.9. The van der Waals surface area contributed by atoms with Gasteiger partial charge in [-0.1, -0.05) is 133 Å². The topological polar surface area (TPSA) is 55.6 Å². The summed E-state index contributed by atoms with van der Waals surface area (Å²) in [5, 5.41) is 11.3. The van der Waals surface area contributed by atoms with Gasteiger partial charge in [0.25, 0.3) is 0 Å². The Morgan fingerprint density at radius 1 is 0.511 bits per heavy atom. The second-order valence-electron chi connectivity index (χ2n) is 11.3. The van der Waals surface area contributed by atoms with E-state index < -0.39 is 0 Å². The molecule has 5 heteroatoms. The molecular weight excluding hydrogens is 550 g/mol. The molecule has 0 saturated heterocycles. The SMILES string of the molecule is C1=CC(c2nc(-c3ccccc3)nc(-c3ccccc3)n2)NC(n2c3ccc4ccccc4c3c3c4ccccc4ccc32)=C1. The van der Waals surface area contributed by atoms with Gasteiger partial charge in [-0.15, -0.1) is 0 Å². The van der Waals surface area contributed by atoms with Gasteiger partial charge in [0.05, 0.1) is 11.0 Å². The van der Waals surface area contributed by atoms with Gasteiger partial charge >= 0.3 is 0 Å². The predicted octanol–water partition coefficient (Wildman–Crippen LogP) is 9.32. The fourth-order valence-corrected chi connectivity index (χ4v) is 6.57. The van der Waals surface area contributed by atoms with Crippen LogP contribution in [0.4, 0.5) is 0 Å². The third kappa shape index (κ3) is 4.20. The standard InChI is InChI=1S/C40H27N5/c1-3-14-28(15-4-1)38-42-39(29-16-5-2-6-17-29)44-40(43-38)32-20-11-21-35(41-32)45-33-24-22-26-12-7-9-18-30(26)36(33)37-31-19-10-8-13-27(31)23-25-34(37)45/h1-25,32,41H. The second kappa shape index (κ2) is 10.3. The summed E-state index contributed by atoms with van der Waals surface area (Å²) in [6.07, 6.45) is 6.35. The second-order valence-corrected chi connectivity index (χ2v) is 11.3. The Morgan fingerprint density at radius 3 is 1.58 bits per heavy atom.